The molecule has 0 bridgehead atoms. The molecular formula is C9H4F3I. The van der Waals surface area contributed by atoms with E-state index < -0.39 is 11.7 Å². The lowest BCUT2D eigenvalue weighted by atomic mass is 10.1. The third-order valence-corrected chi connectivity index (χ3v) is 2.01. The maximum absolute atomic E-state index is 12.2. The highest BCUT2D eigenvalue weighted by molar-refractivity contribution is 14.1. The Morgan fingerprint density at radius 3 is 2.31 bits per heavy atom. The first-order valence-corrected chi connectivity index (χ1v) is 4.36. The summed E-state index contributed by atoms with van der Waals surface area (Å²) in [5.41, 5.74) is -0.452. The molecule has 0 fully saturated rings. The van der Waals surface area contributed by atoms with Gasteiger partial charge in [-0.05, 0) is 40.8 Å². The number of hydrogen-bond acceptors (Lipinski definition) is 0. The Morgan fingerprint density at radius 1 is 1.23 bits per heavy atom. The van der Waals surface area contributed by atoms with Crippen LogP contribution in [0.15, 0.2) is 18.2 Å². The van der Waals surface area contributed by atoms with Crippen LogP contribution in [0.3, 0.4) is 0 Å². The van der Waals surface area contributed by atoms with Gasteiger partial charge >= 0.3 is 6.18 Å². The fourth-order valence-corrected chi connectivity index (χ4v) is 1.51. The van der Waals surface area contributed by atoms with E-state index in [2.05, 4.69) is 5.92 Å². The average Bonchev–Trinajstić information content (AvgIpc) is 2.01. The van der Waals surface area contributed by atoms with E-state index in [1.165, 1.54) is 6.07 Å². The van der Waals surface area contributed by atoms with Crippen molar-refractivity contribution >= 4 is 22.6 Å². The fraction of sp³-hybridized carbons (Fsp3) is 0.111. The van der Waals surface area contributed by atoms with Gasteiger partial charge in [0, 0.05) is 9.13 Å². The van der Waals surface area contributed by atoms with E-state index in [1.54, 1.807) is 22.6 Å². The summed E-state index contributed by atoms with van der Waals surface area (Å²) in [5.74, 6) is 2.18. The van der Waals surface area contributed by atoms with Gasteiger partial charge in [0.25, 0.3) is 0 Å². The molecule has 0 aliphatic rings. The number of terminal acetylenes is 1. The van der Waals surface area contributed by atoms with E-state index in [0.29, 0.717) is 3.57 Å². The minimum absolute atomic E-state index is 0.249. The summed E-state index contributed by atoms with van der Waals surface area (Å²) in [5, 5.41) is 0. The average molecular weight is 296 g/mol. The number of hydrogen-bond donors (Lipinski definition) is 0. The molecule has 0 saturated heterocycles. The fourth-order valence-electron chi connectivity index (χ4n) is 0.837. The van der Waals surface area contributed by atoms with Crippen LogP contribution in [0, 0.1) is 15.9 Å². The lowest BCUT2D eigenvalue weighted by Gasteiger charge is -2.07. The second-order valence-electron chi connectivity index (χ2n) is 2.37. The molecular weight excluding hydrogens is 292 g/mol. The van der Waals surface area contributed by atoms with Crippen molar-refractivity contribution < 1.29 is 13.2 Å². The zero-order chi connectivity index (χ0) is 10.1. The van der Waals surface area contributed by atoms with Crippen LogP contribution in [0.2, 0.25) is 0 Å². The van der Waals surface area contributed by atoms with Gasteiger partial charge in [0.05, 0.1) is 5.56 Å². The Labute approximate surface area is 87.3 Å². The van der Waals surface area contributed by atoms with Crippen molar-refractivity contribution in [2.75, 3.05) is 0 Å². The Hall–Kier alpha value is -0.700. The minimum Gasteiger partial charge on any atom is -0.166 e. The SMILES string of the molecule is C#Cc1cc(I)cc(C(F)(F)F)c1. The molecule has 0 aromatic heterocycles. The molecule has 0 unspecified atom stereocenters. The van der Waals surface area contributed by atoms with Crippen molar-refractivity contribution in [3.05, 3.63) is 32.9 Å². The Bertz CT molecular complexity index is 360. The second-order valence-corrected chi connectivity index (χ2v) is 3.62. The summed E-state index contributed by atoms with van der Waals surface area (Å²) in [6, 6.07) is 3.54. The highest BCUT2D eigenvalue weighted by Crippen LogP contribution is 2.30. The number of alkyl halides is 3. The van der Waals surface area contributed by atoms with Crippen molar-refractivity contribution in [1.29, 1.82) is 0 Å². The van der Waals surface area contributed by atoms with Crippen LogP contribution in [-0.4, -0.2) is 0 Å². The normalized spacial score (nSPS) is 11.0. The highest BCUT2D eigenvalue weighted by atomic mass is 127. The van der Waals surface area contributed by atoms with Crippen LogP contribution >= 0.6 is 22.6 Å². The molecule has 0 atom stereocenters. The molecule has 68 valence electrons. The lowest BCUT2D eigenvalue weighted by molar-refractivity contribution is -0.137. The van der Waals surface area contributed by atoms with Crippen molar-refractivity contribution in [3.8, 4) is 12.3 Å². The molecule has 1 rings (SSSR count). The topological polar surface area (TPSA) is 0 Å². The maximum Gasteiger partial charge on any atom is 0.416 e. The van der Waals surface area contributed by atoms with Crippen LogP contribution in [0.1, 0.15) is 11.1 Å². The summed E-state index contributed by atoms with van der Waals surface area (Å²) in [6.07, 6.45) is 0.684. The zero-order valence-electron chi connectivity index (χ0n) is 6.32. The largest absolute Gasteiger partial charge is 0.416 e. The molecule has 4 heteroatoms. The molecule has 13 heavy (non-hydrogen) atoms. The number of rotatable bonds is 0. The summed E-state index contributed by atoms with van der Waals surface area (Å²) in [6.45, 7) is 0. The van der Waals surface area contributed by atoms with Gasteiger partial charge in [0.15, 0.2) is 0 Å². The van der Waals surface area contributed by atoms with Crippen molar-refractivity contribution in [2.24, 2.45) is 0 Å². The predicted octanol–water partition coefficient (Wildman–Crippen LogP) is 3.29. The summed E-state index contributed by atoms with van der Waals surface area (Å²) in [4.78, 5) is 0. The van der Waals surface area contributed by atoms with Gasteiger partial charge in [-0.2, -0.15) is 13.2 Å². The molecule has 0 spiro atoms. The molecule has 0 heterocycles. The molecule has 0 saturated carbocycles. The third-order valence-electron chi connectivity index (χ3n) is 1.39. The number of benzene rings is 1. The van der Waals surface area contributed by atoms with Gasteiger partial charge in [0.1, 0.15) is 0 Å². The zero-order valence-corrected chi connectivity index (χ0v) is 8.48. The Balaban J connectivity index is 3.26. The van der Waals surface area contributed by atoms with Crippen LogP contribution in [-0.2, 0) is 6.18 Å². The molecule has 1 aromatic rings. The molecule has 1 aromatic carbocycles. The first-order valence-electron chi connectivity index (χ1n) is 3.28. The van der Waals surface area contributed by atoms with Gasteiger partial charge in [-0.1, -0.05) is 5.92 Å². The van der Waals surface area contributed by atoms with Crippen LogP contribution < -0.4 is 0 Å². The summed E-state index contributed by atoms with van der Waals surface area (Å²) < 4.78 is 37.1. The monoisotopic (exact) mass is 296 g/mol. The molecule has 0 aliphatic carbocycles. The van der Waals surface area contributed by atoms with E-state index in [0.717, 1.165) is 12.1 Å². The van der Waals surface area contributed by atoms with Gasteiger partial charge in [-0.15, -0.1) is 6.42 Å². The predicted molar refractivity (Wildman–Crippen MR) is 52.1 cm³/mol. The Kier molecular flexibility index (Phi) is 2.86. The lowest BCUT2D eigenvalue weighted by Crippen LogP contribution is -2.05. The molecule has 0 aliphatic heterocycles. The maximum atomic E-state index is 12.2. The smallest absolute Gasteiger partial charge is 0.166 e. The van der Waals surface area contributed by atoms with Crippen molar-refractivity contribution in [2.45, 2.75) is 6.18 Å². The van der Waals surface area contributed by atoms with E-state index in [4.69, 9.17) is 6.42 Å². The quantitative estimate of drug-likeness (QED) is 0.509. The first kappa shape index (κ1) is 10.4. The van der Waals surface area contributed by atoms with E-state index >= 15 is 0 Å². The van der Waals surface area contributed by atoms with Crippen LogP contribution in [0.5, 0.6) is 0 Å². The summed E-state index contributed by atoms with van der Waals surface area (Å²) in [7, 11) is 0. The van der Waals surface area contributed by atoms with Crippen molar-refractivity contribution in [3.63, 3.8) is 0 Å². The first-order chi connectivity index (χ1) is 5.93. The third kappa shape index (κ3) is 2.62. The van der Waals surface area contributed by atoms with Gasteiger partial charge in [-0.25, -0.2) is 0 Å². The van der Waals surface area contributed by atoms with Crippen molar-refractivity contribution in [1.82, 2.24) is 0 Å². The van der Waals surface area contributed by atoms with E-state index in [1.807, 2.05) is 0 Å². The van der Waals surface area contributed by atoms with Crippen LogP contribution in [0.4, 0.5) is 13.2 Å². The summed E-state index contributed by atoms with van der Waals surface area (Å²) >= 11 is 1.80. The molecule has 0 nitrogen and oxygen atoms in total. The molecule has 0 amide bonds. The Morgan fingerprint density at radius 2 is 1.85 bits per heavy atom. The minimum atomic E-state index is -4.33. The van der Waals surface area contributed by atoms with Gasteiger partial charge in [0.2, 0.25) is 0 Å². The second kappa shape index (κ2) is 3.58. The van der Waals surface area contributed by atoms with Gasteiger partial charge in [-0.3, -0.25) is 0 Å². The van der Waals surface area contributed by atoms with E-state index in [-0.39, 0.29) is 5.56 Å². The van der Waals surface area contributed by atoms with Gasteiger partial charge < -0.3 is 0 Å². The molecule has 0 radical (unpaired) electrons. The van der Waals surface area contributed by atoms with Crippen LogP contribution in [0.25, 0.3) is 0 Å². The highest BCUT2D eigenvalue weighted by Gasteiger charge is 2.30. The standard InChI is InChI=1S/C9H4F3I/c1-2-6-3-7(9(10,11)12)5-8(13)4-6/h1,3-5H. The van der Waals surface area contributed by atoms with E-state index in [9.17, 15) is 13.2 Å². The number of halogens is 4. The molecule has 0 N–H and O–H groups in total.